The fourth-order valence-electron chi connectivity index (χ4n) is 3.38. The van der Waals surface area contributed by atoms with Gasteiger partial charge in [0.15, 0.2) is 6.61 Å². The topological polar surface area (TPSA) is 81.7 Å². The lowest BCUT2D eigenvalue weighted by Gasteiger charge is -2.09. The first-order valence-corrected chi connectivity index (χ1v) is 10.4. The maximum Gasteiger partial charge on any atom is 0.339 e. The molecule has 2 heterocycles. The summed E-state index contributed by atoms with van der Waals surface area (Å²) in [7, 11) is 0. The van der Waals surface area contributed by atoms with E-state index < -0.39 is 0 Å². The number of aryl methyl sites for hydroxylation is 1. The van der Waals surface area contributed by atoms with Crippen molar-refractivity contribution < 1.29 is 18.4 Å². The summed E-state index contributed by atoms with van der Waals surface area (Å²) >= 11 is 1.69. The standard InChI is InChI=1S/C21H21NO5S/c23-20(22-8-10-28-13-15-3-2-9-25-15)12-26-14-6-7-17-16-4-1-5-18(16)21(24)27-19(17)11-14/h2-3,6-7,9,11H,1,4-5,8,10,12-13H2,(H,22,23). The quantitative estimate of drug-likeness (QED) is 0.462. The molecule has 1 N–H and O–H groups in total. The van der Waals surface area contributed by atoms with E-state index in [9.17, 15) is 9.59 Å². The summed E-state index contributed by atoms with van der Waals surface area (Å²) in [5.74, 6) is 2.82. The van der Waals surface area contributed by atoms with Crippen molar-refractivity contribution in [2.45, 2.75) is 25.0 Å². The lowest BCUT2D eigenvalue weighted by atomic mass is 10.1. The number of fused-ring (bicyclic) bond motifs is 3. The molecule has 28 heavy (non-hydrogen) atoms. The van der Waals surface area contributed by atoms with E-state index in [1.165, 1.54) is 0 Å². The summed E-state index contributed by atoms with van der Waals surface area (Å²) in [6.45, 7) is 0.482. The molecule has 0 saturated heterocycles. The van der Waals surface area contributed by atoms with E-state index in [2.05, 4.69) is 5.32 Å². The van der Waals surface area contributed by atoms with E-state index in [0.29, 0.717) is 17.9 Å². The average Bonchev–Trinajstić information content (AvgIpc) is 3.38. The lowest BCUT2D eigenvalue weighted by Crippen LogP contribution is -2.30. The van der Waals surface area contributed by atoms with Crippen LogP contribution in [0.4, 0.5) is 0 Å². The first kappa shape index (κ1) is 18.7. The molecule has 0 radical (unpaired) electrons. The first-order chi connectivity index (χ1) is 13.7. The molecule has 0 unspecified atom stereocenters. The third kappa shape index (κ3) is 4.25. The molecule has 0 bridgehead atoms. The summed E-state index contributed by atoms with van der Waals surface area (Å²) in [5, 5.41) is 3.78. The van der Waals surface area contributed by atoms with Gasteiger partial charge in [0.2, 0.25) is 0 Å². The van der Waals surface area contributed by atoms with Gasteiger partial charge in [-0.25, -0.2) is 4.79 Å². The predicted molar refractivity (Wildman–Crippen MR) is 108 cm³/mol. The van der Waals surface area contributed by atoms with Gasteiger partial charge in [0.25, 0.3) is 5.91 Å². The van der Waals surface area contributed by atoms with E-state index in [1.54, 1.807) is 24.1 Å². The Bertz CT molecular complexity index is 1030. The van der Waals surface area contributed by atoms with Crippen molar-refractivity contribution in [1.29, 1.82) is 0 Å². The molecule has 1 aliphatic rings. The smallest absolute Gasteiger partial charge is 0.339 e. The van der Waals surface area contributed by atoms with Crippen LogP contribution in [0.2, 0.25) is 0 Å². The number of benzene rings is 1. The van der Waals surface area contributed by atoms with Crippen LogP contribution in [0.3, 0.4) is 0 Å². The maximum atomic E-state index is 12.1. The number of thioether (sulfide) groups is 1. The van der Waals surface area contributed by atoms with Gasteiger partial charge in [-0.05, 0) is 49.1 Å². The Morgan fingerprint density at radius 2 is 2.11 bits per heavy atom. The number of rotatable bonds is 8. The number of nitrogens with one attached hydrogen (secondary N) is 1. The normalized spacial score (nSPS) is 12.9. The van der Waals surface area contributed by atoms with E-state index >= 15 is 0 Å². The average molecular weight is 399 g/mol. The highest BCUT2D eigenvalue weighted by molar-refractivity contribution is 7.98. The molecule has 0 saturated carbocycles. The number of ether oxygens (including phenoxy) is 1. The molecule has 146 valence electrons. The second-order valence-corrected chi connectivity index (χ2v) is 7.73. The summed E-state index contributed by atoms with van der Waals surface area (Å²) in [5.41, 5.74) is 2.13. The number of carbonyl (C=O) groups is 1. The Balaban J connectivity index is 1.26. The Hall–Kier alpha value is -2.67. The first-order valence-electron chi connectivity index (χ1n) is 9.29. The maximum absolute atomic E-state index is 12.1. The van der Waals surface area contributed by atoms with Crippen LogP contribution in [0.1, 0.15) is 23.3 Å². The van der Waals surface area contributed by atoms with Crippen LogP contribution < -0.4 is 15.7 Å². The van der Waals surface area contributed by atoms with E-state index in [-0.39, 0.29) is 18.1 Å². The highest BCUT2D eigenvalue weighted by Crippen LogP contribution is 2.29. The number of hydrogen-bond acceptors (Lipinski definition) is 6. The van der Waals surface area contributed by atoms with Crippen LogP contribution in [-0.4, -0.2) is 24.8 Å². The molecule has 7 heteroatoms. The molecule has 0 spiro atoms. The van der Waals surface area contributed by atoms with E-state index in [4.69, 9.17) is 13.6 Å². The fourth-order valence-corrected chi connectivity index (χ4v) is 4.14. The van der Waals surface area contributed by atoms with Crippen molar-refractivity contribution in [3.8, 4) is 5.75 Å². The van der Waals surface area contributed by atoms with Gasteiger partial charge in [-0.1, -0.05) is 0 Å². The number of carbonyl (C=O) groups excluding carboxylic acids is 1. The Morgan fingerprint density at radius 1 is 1.21 bits per heavy atom. The summed E-state index contributed by atoms with van der Waals surface area (Å²) in [4.78, 5) is 24.0. The van der Waals surface area contributed by atoms with Crippen molar-refractivity contribution in [3.05, 3.63) is 63.9 Å². The summed E-state index contributed by atoms with van der Waals surface area (Å²) < 4.78 is 16.2. The third-order valence-electron chi connectivity index (χ3n) is 4.71. The number of amides is 1. The van der Waals surface area contributed by atoms with Crippen LogP contribution in [0.5, 0.6) is 5.75 Å². The monoisotopic (exact) mass is 399 g/mol. The highest BCUT2D eigenvalue weighted by atomic mass is 32.2. The predicted octanol–water partition coefficient (Wildman–Crippen LogP) is 3.30. The minimum Gasteiger partial charge on any atom is -0.484 e. The Morgan fingerprint density at radius 3 is 2.96 bits per heavy atom. The highest BCUT2D eigenvalue weighted by Gasteiger charge is 2.19. The van der Waals surface area contributed by atoms with Gasteiger partial charge in [0, 0.05) is 29.3 Å². The van der Waals surface area contributed by atoms with Crippen LogP contribution in [-0.2, 0) is 23.4 Å². The molecule has 0 fully saturated rings. The zero-order valence-electron chi connectivity index (χ0n) is 15.4. The van der Waals surface area contributed by atoms with Gasteiger partial charge < -0.3 is 18.9 Å². The molecule has 1 aliphatic carbocycles. The molecule has 4 rings (SSSR count). The van der Waals surface area contributed by atoms with Crippen molar-refractivity contribution in [3.63, 3.8) is 0 Å². The van der Waals surface area contributed by atoms with E-state index in [0.717, 1.165) is 53.0 Å². The van der Waals surface area contributed by atoms with Gasteiger partial charge in [-0.3, -0.25) is 4.79 Å². The van der Waals surface area contributed by atoms with Crippen LogP contribution in [0.25, 0.3) is 11.0 Å². The van der Waals surface area contributed by atoms with Gasteiger partial charge in [0.1, 0.15) is 17.1 Å². The molecule has 2 aromatic heterocycles. The zero-order valence-corrected chi connectivity index (χ0v) is 16.2. The van der Waals surface area contributed by atoms with Crippen LogP contribution in [0.15, 0.2) is 50.2 Å². The number of furan rings is 1. The SMILES string of the molecule is O=C(COc1ccc2c3c(c(=O)oc2c1)CCC3)NCCSCc1ccco1. The molecule has 0 atom stereocenters. The molecule has 6 nitrogen and oxygen atoms in total. The minimum absolute atomic E-state index is 0.0798. The Labute approximate surface area is 166 Å². The van der Waals surface area contributed by atoms with Crippen LogP contribution >= 0.6 is 11.8 Å². The lowest BCUT2D eigenvalue weighted by molar-refractivity contribution is -0.122. The molecular formula is C21H21NO5S. The van der Waals surface area contributed by atoms with Crippen molar-refractivity contribution in [1.82, 2.24) is 5.32 Å². The third-order valence-corrected chi connectivity index (χ3v) is 5.69. The van der Waals surface area contributed by atoms with Crippen LogP contribution in [0, 0.1) is 0 Å². The Kier molecular flexibility index (Phi) is 5.71. The van der Waals surface area contributed by atoms with Gasteiger partial charge >= 0.3 is 5.63 Å². The van der Waals surface area contributed by atoms with Crippen molar-refractivity contribution >= 4 is 28.6 Å². The second-order valence-electron chi connectivity index (χ2n) is 6.63. The summed E-state index contributed by atoms with van der Waals surface area (Å²) in [6, 6.07) is 9.19. The molecule has 0 aliphatic heterocycles. The molecule has 3 aromatic rings. The van der Waals surface area contributed by atoms with Crippen molar-refractivity contribution in [2.75, 3.05) is 18.9 Å². The fraction of sp³-hybridized carbons (Fsp3) is 0.333. The molecule has 1 amide bonds. The van der Waals surface area contributed by atoms with Gasteiger partial charge in [-0.2, -0.15) is 11.8 Å². The largest absolute Gasteiger partial charge is 0.484 e. The van der Waals surface area contributed by atoms with E-state index in [1.807, 2.05) is 24.3 Å². The summed E-state index contributed by atoms with van der Waals surface area (Å²) in [6.07, 6.45) is 4.32. The minimum atomic E-state index is -0.262. The van der Waals surface area contributed by atoms with Crippen molar-refractivity contribution in [2.24, 2.45) is 0 Å². The number of hydrogen-bond donors (Lipinski definition) is 1. The second kappa shape index (κ2) is 8.56. The van der Waals surface area contributed by atoms with Gasteiger partial charge in [-0.15, -0.1) is 0 Å². The van der Waals surface area contributed by atoms with Gasteiger partial charge in [0.05, 0.1) is 12.0 Å². The molecule has 1 aromatic carbocycles. The molecular weight excluding hydrogens is 378 g/mol. The zero-order chi connectivity index (χ0) is 19.3.